The summed E-state index contributed by atoms with van der Waals surface area (Å²) in [5.74, 6) is 0. The van der Waals surface area contributed by atoms with Crippen molar-refractivity contribution in [1.29, 1.82) is 0 Å². The largest absolute Gasteiger partial charge is 0.378 e. The van der Waals surface area contributed by atoms with E-state index >= 15 is 0 Å². The van der Waals surface area contributed by atoms with Crippen molar-refractivity contribution in [1.82, 2.24) is 0 Å². The Kier molecular flexibility index (Phi) is 4.76. The van der Waals surface area contributed by atoms with Crippen molar-refractivity contribution in [3.63, 3.8) is 0 Å². The highest BCUT2D eigenvalue weighted by Crippen LogP contribution is 2.19. The molecule has 2 aromatic heterocycles. The van der Waals surface area contributed by atoms with Gasteiger partial charge in [-0.05, 0) is 35.7 Å². The summed E-state index contributed by atoms with van der Waals surface area (Å²) in [4.78, 5) is 2.12. The Hall–Kier alpha value is -2.94. The molecular formula is C24H27N3+2. The monoisotopic (exact) mass is 357 g/mol. The normalized spacial score (nSPS) is 13.1. The molecule has 0 fully saturated rings. The van der Waals surface area contributed by atoms with Crippen LogP contribution in [0, 0.1) is 6.92 Å². The van der Waals surface area contributed by atoms with Crippen LogP contribution in [0.3, 0.4) is 0 Å². The van der Waals surface area contributed by atoms with Gasteiger partial charge in [-0.25, -0.2) is 0 Å². The Labute approximate surface area is 161 Å². The van der Waals surface area contributed by atoms with Crippen LogP contribution in [-0.4, -0.2) is 14.1 Å². The molecule has 3 heteroatoms. The Morgan fingerprint density at radius 1 is 0.778 bits per heavy atom. The molecule has 0 saturated carbocycles. The lowest BCUT2D eigenvalue weighted by molar-refractivity contribution is -0.688. The van der Waals surface area contributed by atoms with Crippen LogP contribution >= 0.6 is 0 Å². The number of fused-ring (bicyclic) bond motifs is 3. The molecule has 1 aliphatic rings. The predicted octanol–water partition coefficient (Wildman–Crippen LogP) is 3.88. The van der Waals surface area contributed by atoms with Crippen LogP contribution in [0.2, 0.25) is 0 Å². The van der Waals surface area contributed by atoms with Crippen molar-refractivity contribution in [3.05, 3.63) is 77.6 Å². The van der Waals surface area contributed by atoms with Gasteiger partial charge < -0.3 is 4.90 Å². The van der Waals surface area contributed by atoms with Crippen molar-refractivity contribution < 1.29 is 9.13 Å². The second-order valence-corrected chi connectivity index (χ2v) is 7.49. The summed E-state index contributed by atoms with van der Waals surface area (Å²) in [5, 5.41) is 0. The van der Waals surface area contributed by atoms with Crippen LogP contribution in [0.1, 0.15) is 23.1 Å². The molecule has 0 N–H and O–H groups in total. The fourth-order valence-corrected chi connectivity index (χ4v) is 3.60. The molecule has 3 heterocycles. The smallest absolute Gasteiger partial charge is 0.277 e. The van der Waals surface area contributed by atoms with Crippen LogP contribution in [0.15, 0.2) is 60.9 Å². The average Bonchev–Trinajstić information content (AvgIpc) is 2.85. The molecule has 0 unspecified atom stereocenters. The summed E-state index contributed by atoms with van der Waals surface area (Å²) in [7, 11) is 4.13. The molecule has 1 aromatic carbocycles. The number of nitrogens with zero attached hydrogens (tertiary/aromatic N) is 3. The third-order valence-electron chi connectivity index (χ3n) is 5.19. The SMILES string of the molecule is Cc1cc[n+]2c(c1)-c1cc(/C=C/c3ccc(N(C)C)cc3)cc[n+]1CCC2. The molecule has 4 rings (SSSR count). The summed E-state index contributed by atoms with van der Waals surface area (Å²) in [6, 6.07) is 17.6. The third kappa shape index (κ3) is 3.77. The third-order valence-corrected chi connectivity index (χ3v) is 5.19. The van der Waals surface area contributed by atoms with Crippen LogP contribution in [0.4, 0.5) is 5.69 Å². The Morgan fingerprint density at radius 2 is 1.41 bits per heavy atom. The Morgan fingerprint density at radius 3 is 2.11 bits per heavy atom. The topological polar surface area (TPSA) is 11.0 Å². The minimum absolute atomic E-state index is 1.06. The molecule has 0 saturated heterocycles. The van der Waals surface area contributed by atoms with Gasteiger partial charge in [-0.15, -0.1) is 0 Å². The lowest BCUT2D eigenvalue weighted by Gasteiger charge is -2.11. The van der Waals surface area contributed by atoms with Crippen molar-refractivity contribution in [3.8, 4) is 11.4 Å². The fourth-order valence-electron chi connectivity index (χ4n) is 3.60. The van der Waals surface area contributed by atoms with E-state index in [9.17, 15) is 0 Å². The molecule has 136 valence electrons. The molecule has 27 heavy (non-hydrogen) atoms. The van der Waals surface area contributed by atoms with Gasteiger partial charge in [-0.3, -0.25) is 0 Å². The van der Waals surface area contributed by atoms with E-state index < -0.39 is 0 Å². The van der Waals surface area contributed by atoms with Gasteiger partial charge in [0.2, 0.25) is 0 Å². The highest BCUT2D eigenvalue weighted by molar-refractivity contribution is 5.71. The van der Waals surface area contributed by atoms with Crippen LogP contribution in [0.25, 0.3) is 23.5 Å². The number of aromatic nitrogens is 2. The van der Waals surface area contributed by atoms with Crippen molar-refractivity contribution in [2.24, 2.45) is 0 Å². The zero-order valence-corrected chi connectivity index (χ0v) is 16.4. The van der Waals surface area contributed by atoms with Crippen LogP contribution in [-0.2, 0) is 13.1 Å². The second-order valence-electron chi connectivity index (χ2n) is 7.49. The summed E-state index contributed by atoms with van der Waals surface area (Å²) in [5.41, 5.74) is 7.57. The first kappa shape index (κ1) is 17.5. The van der Waals surface area contributed by atoms with Gasteiger partial charge in [0, 0.05) is 44.0 Å². The molecule has 0 amide bonds. The number of anilines is 1. The van der Waals surface area contributed by atoms with Gasteiger partial charge in [0.25, 0.3) is 11.4 Å². The van der Waals surface area contributed by atoms with Gasteiger partial charge in [-0.1, -0.05) is 24.3 Å². The average molecular weight is 358 g/mol. The fraction of sp³-hybridized carbons (Fsp3) is 0.250. The quantitative estimate of drug-likeness (QED) is 0.648. The summed E-state index contributed by atoms with van der Waals surface area (Å²) in [6.07, 6.45) is 9.99. The Balaban J connectivity index is 1.67. The van der Waals surface area contributed by atoms with E-state index in [1.165, 1.54) is 33.8 Å². The number of pyridine rings is 2. The molecule has 1 aliphatic heterocycles. The van der Waals surface area contributed by atoms with Gasteiger partial charge in [0.05, 0.1) is 6.42 Å². The molecule has 0 bridgehead atoms. The first-order chi connectivity index (χ1) is 13.1. The van der Waals surface area contributed by atoms with E-state index in [2.05, 4.69) is 108 Å². The summed E-state index contributed by atoms with van der Waals surface area (Å²) >= 11 is 0. The zero-order chi connectivity index (χ0) is 18.8. The molecule has 3 aromatic rings. The standard InChI is InChI=1S/C24H27N3/c1-19-11-15-26-13-4-14-27-16-12-21(18-24(27)23(26)17-19)6-5-20-7-9-22(10-8-20)25(2)3/h5-12,15-18H,4,13-14H2,1-3H3/q+2. The first-order valence-electron chi connectivity index (χ1n) is 9.59. The molecule has 0 spiro atoms. The van der Waals surface area contributed by atoms with Gasteiger partial charge in [0.1, 0.15) is 0 Å². The number of hydrogen-bond acceptors (Lipinski definition) is 1. The second kappa shape index (κ2) is 7.36. The minimum atomic E-state index is 1.06. The maximum atomic E-state index is 2.38. The number of aryl methyl sites for hydroxylation is 3. The zero-order valence-electron chi connectivity index (χ0n) is 16.4. The van der Waals surface area contributed by atoms with Gasteiger partial charge in [-0.2, -0.15) is 9.13 Å². The van der Waals surface area contributed by atoms with E-state index in [4.69, 9.17) is 0 Å². The number of rotatable bonds is 3. The Bertz CT molecular complexity index is 985. The van der Waals surface area contributed by atoms with Gasteiger partial charge in [0.15, 0.2) is 25.5 Å². The van der Waals surface area contributed by atoms with E-state index in [0.29, 0.717) is 0 Å². The maximum absolute atomic E-state index is 2.38. The van der Waals surface area contributed by atoms with E-state index in [1.807, 2.05) is 0 Å². The number of benzene rings is 1. The molecule has 0 atom stereocenters. The highest BCUT2D eigenvalue weighted by atomic mass is 15.1. The van der Waals surface area contributed by atoms with E-state index in [-0.39, 0.29) is 0 Å². The highest BCUT2D eigenvalue weighted by Gasteiger charge is 2.26. The first-order valence-corrected chi connectivity index (χ1v) is 9.59. The van der Waals surface area contributed by atoms with Crippen molar-refractivity contribution in [2.75, 3.05) is 19.0 Å². The molecule has 0 aliphatic carbocycles. The lowest BCUT2D eigenvalue weighted by Crippen LogP contribution is -2.37. The van der Waals surface area contributed by atoms with E-state index in [0.717, 1.165) is 19.5 Å². The lowest BCUT2D eigenvalue weighted by atomic mass is 10.1. The van der Waals surface area contributed by atoms with Crippen LogP contribution in [0.5, 0.6) is 0 Å². The van der Waals surface area contributed by atoms with Crippen LogP contribution < -0.4 is 14.0 Å². The summed E-state index contributed by atoms with van der Waals surface area (Å²) in [6.45, 7) is 4.30. The molecule has 0 radical (unpaired) electrons. The van der Waals surface area contributed by atoms with E-state index in [1.54, 1.807) is 0 Å². The minimum Gasteiger partial charge on any atom is -0.378 e. The molecule has 3 nitrogen and oxygen atoms in total. The number of hydrogen-bond donors (Lipinski definition) is 0. The maximum Gasteiger partial charge on any atom is 0.277 e. The van der Waals surface area contributed by atoms with Crippen molar-refractivity contribution in [2.45, 2.75) is 26.4 Å². The predicted molar refractivity (Wildman–Crippen MR) is 111 cm³/mol. The summed E-state index contributed by atoms with van der Waals surface area (Å²) < 4.78 is 4.75. The molecular weight excluding hydrogens is 330 g/mol. The van der Waals surface area contributed by atoms with Gasteiger partial charge >= 0.3 is 0 Å². The van der Waals surface area contributed by atoms with Crippen molar-refractivity contribution >= 4 is 17.8 Å².